The summed E-state index contributed by atoms with van der Waals surface area (Å²) in [6.45, 7) is 3.05. The lowest BCUT2D eigenvalue weighted by atomic mass is 9.67. The Morgan fingerprint density at radius 3 is 2.88 bits per heavy atom. The quantitative estimate of drug-likeness (QED) is 0.822. The van der Waals surface area contributed by atoms with Crippen molar-refractivity contribution in [1.82, 2.24) is 4.98 Å². The van der Waals surface area contributed by atoms with Gasteiger partial charge >= 0.3 is 5.97 Å². The fraction of sp³-hybridized carbons (Fsp3) is 0.538. The maximum Gasteiger partial charge on any atom is 0.339 e. The highest BCUT2D eigenvalue weighted by Crippen LogP contribution is 2.43. The molecule has 1 aromatic heterocycles. The predicted molar refractivity (Wildman–Crippen MR) is 66.3 cm³/mol. The Balaban J connectivity index is 2.06. The fourth-order valence-electron chi connectivity index (χ4n) is 2.33. The molecule has 1 fully saturated rings. The zero-order valence-electron chi connectivity index (χ0n) is 10.1. The maximum atomic E-state index is 11.0. The van der Waals surface area contributed by atoms with Gasteiger partial charge in [0.1, 0.15) is 5.56 Å². The molecule has 0 saturated heterocycles. The number of carboxylic acid groups (broad SMARTS) is 1. The SMILES string of the molecule is CCC1(CNc2ccncc2C(=O)O)CCC1. The van der Waals surface area contributed by atoms with Crippen molar-refractivity contribution < 1.29 is 9.90 Å². The number of pyridine rings is 1. The van der Waals surface area contributed by atoms with Crippen LogP contribution in [0.5, 0.6) is 0 Å². The van der Waals surface area contributed by atoms with Crippen molar-refractivity contribution in [2.75, 3.05) is 11.9 Å². The molecule has 0 atom stereocenters. The third-order valence-corrected chi connectivity index (χ3v) is 3.87. The number of rotatable bonds is 5. The third kappa shape index (κ3) is 2.40. The molecule has 0 aromatic carbocycles. The van der Waals surface area contributed by atoms with E-state index < -0.39 is 5.97 Å². The molecule has 1 aliphatic rings. The van der Waals surface area contributed by atoms with Crippen LogP contribution in [0.4, 0.5) is 5.69 Å². The molecule has 1 heterocycles. The van der Waals surface area contributed by atoms with Crippen LogP contribution < -0.4 is 5.32 Å². The first-order chi connectivity index (χ1) is 8.17. The molecule has 2 rings (SSSR count). The average Bonchev–Trinajstić information content (AvgIpc) is 2.28. The molecule has 2 N–H and O–H groups in total. The number of carbonyl (C=O) groups is 1. The van der Waals surface area contributed by atoms with Crippen molar-refractivity contribution in [3.05, 3.63) is 24.0 Å². The Labute approximate surface area is 101 Å². The Hall–Kier alpha value is -1.58. The first kappa shape index (κ1) is 11.9. The predicted octanol–water partition coefficient (Wildman–Crippen LogP) is 2.77. The Kier molecular flexibility index (Phi) is 3.31. The molecule has 1 saturated carbocycles. The van der Waals surface area contributed by atoms with Crippen molar-refractivity contribution in [2.24, 2.45) is 5.41 Å². The number of hydrogen-bond donors (Lipinski definition) is 2. The number of nitrogens with one attached hydrogen (secondary N) is 1. The van der Waals surface area contributed by atoms with E-state index in [1.807, 2.05) is 0 Å². The normalized spacial score (nSPS) is 17.2. The van der Waals surface area contributed by atoms with E-state index in [4.69, 9.17) is 5.11 Å². The van der Waals surface area contributed by atoms with Crippen LogP contribution in [0, 0.1) is 5.41 Å². The topological polar surface area (TPSA) is 62.2 Å². The smallest absolute Gasteiger partial charge is 0.339 e. The summed E-state index contributed by atoms with van der Waals surface area (Å²) in [5.74, 6) is -0.931. The van der Waals surface area contributed by atoms with Gasteiger partial charge in [-0.25, -0.2) is 4.79 Å². The number of hydrogen-bond acceptors (Lipinski definition) is 3. The van der Waals surface area contributed by atoms with Gasteiger partial charge in [0.25, 0.3) is 0 Å². The second-order valence-electron chi connectivity index (χ2n) is 4.79. The summed E-state index contributed by atoms with van der Waals surface area (Å²) in [7, 11) is 0. The zero-order valence-corrected chi connectivity index (χ0v) is 10.1. The lowest BCUT2D eigenvalue weighted by Gasteiger charge is -2.41. The van der Waals surface area contributed by atoms with E-state index in [-0.39, 0.29) is 5.56 Å². The van der Waals surface area contributed by atoms with Crippen LogP contribution >= 0.6 is 0 Å². The minimum atomic E-state index is -0.931. The van der Waals surface area contributed by atoms with Gasteiger partial charge in [-0.05, 0) is 30.7 Å². The molecule has 0 unspecified atom stereocenters. The van der Waals surface area contributed by atoms with Crippen molar-refractivity contribution in [1.29, 1.82) is 0 Å². The standard InChI is InChI=1S/C13H18N2O2/c1-2-13(5-3-6-13)9-15-11-4-7-14-8-10(11)12(16)17/h4,7-8H,2-3,5-6,9H2,1H3,(H,14,15)(H,16,17). The van der Waals surface area contributed by atoms with Gasteiger partial charge in [0.15, 0.2) is 0 Å². The first-order valence-corrected chi connectivity index (χ1v) is 6.08. The van der Waals surface area contributed by atoms with Gasteiger partial charge in [-0.1, -0.05) is 13.3 Å². The van der Waals surface area contributed by atoms with Crippen LogP contribution in [0.2, 0.25) is 0 Å². The second-order valence-corrected chi connectivity index (χ2v) is 4.79. The summed E-state index contributed by atoms with van der Waals surface area (Å²) in [5.41, 5.74) is 1.30. The highest BCUT2D eigenvalue weighted by atomic mass is 16.4. The van der Waals surface area contributed by atoms with Crippen LogP contribution in [0.15, 0.2) is 18.5 Å². The minimum absolute atomic E-state index is 0.248. The molecule has 0 bridgehead atoms. The molecule has 0 aliphatic heterocycles. The van der Waals surface area contributed by atoms with E-state index in [0.29, 0.717) is 11.1 Å². The van der Waals surface area contributed by atoms with E-state index >= 15 is 0 Å². The van der Waals surface area contributed by atoms with Gasteiger partial charge in [0.05, 0.1) is 5.69 Å². The van der Waals surface area contributed by atoms with E-state index in [9.17, 15) is 4.79 Å². The van der Waals surface area contributed by atoms with E-state index in [2.05, 4.69) is 17.2 Å². The van der Waals surface area contributed by atoms with E-state index in [1.54, 1.807) is 12.3 Å². The molecule has 4 heteroatoms. The van der Waals surface area contributed by atoms with Crippen molar-refractivity contribution in [2.45, 2.75) is 32.6 Å². The van der Waals surface area contributed by atoms with Crippen molar-refractivity contribution in [3.8, 4) is 0 Å². The number of anilines is 1. The molecular weight excluding hydrogens is 216 g/mol. The Bertz CT molecular complexity index is 408. The molecule has 1 aliphatic carbocycles. The number of aromatic carboxylic acids is 1. The summed E-state index contributed by atoms with van der Waals surface area (Å²) in [6.07, 6.45) is 7.93. The van der Waals surface area contributed by atoms with Crippen molar-refractivity contribution in [3.63, 3.8) is 0 Å². The summed E-state index contributed by atoms with van der Waals surface area (Å²) in [4.78, 5) is 14.9. The van der Waals surface area contributed by atoms with Crippen LogP contribution in [0.25, 0.3) is 0 Å². The highest BCUT2D eigenvalue weighted by Gasteiger charge is 2.34. The summed E-state index contributed by atoms with van der Waals surface area (Å²) in [5, 5.41) is 12.3. The van der Waals surface area contributed by atoms with Crippen LogP contribution in [-0.4, -0.2) is 22.6 Å². The van der Waals surface area contributed by atoms with Gasteiger partial charge in [0.2, 0.25) is 0 Å². The third-order valence-electron chi connectivity index (χ3n) is 3.87. The highest BCUT2D eigenvalue weighted by molar-refractivity contribution is 5.93. The molecule has 4 nitrogen and oxygen atoms in total. The van der Waals surface area contributed by atoms with Crippen LogP contribution in [0.1, 0.15) is 43.0 Å². The summed E-state index contributed by atoms with van der Waals surface area (Å²) >= 11 is 0. The van der Waals surface area contributed by atoms with Gasteiger partial charge in [0, 0.05) is 18.9 Å². The molecule has 92 valence electrons. The number of carboxylic acids is 1. The maximum absolute atomic E-state index is 11.0. The lowest BCUT2D eigenvalue weighted by Crippen LogP contribution is -2.36. The van der Waals surface area contributed by atoms with Gasteiger partial charge in [-0.15, -0.1) is 0 Å². The molecule has 0 amide bonds. The second kappa shape index (κ2) is 4.73. The molecule has 0 spiro atoms. The summed E-state index contributed by atoms with van der Waals surface area (Å²) < 4.78 is 0. The van der Waals surface area contributed by atoms with Crippen molar-refractivity contribution >= 4 is 11.7 Å². The van der Waals surface area contributed by atoms with Gasteiger partial charge in [-0.3, -0.25) is 4.98 Å². The summed E-state index contributed by atoms with van der Waals surface area (Å²) in [6, 6.07) is 1.73. The van der Waals surface area contributed by atoms with Crippen LogP contribution in [-0.2, 0) is 0 Å². The fourth-order valence-corrected chi connectivity index (χ4v) is 2.33. The largest absolute Gasteiger partial charge is 0.478 e. The lowest BCUT2D eigenvalue weighted by molar-refractivity contribution is 0.0697. The van der Waals surface area contributed by atoms with Crippen LogP contribution in [0.3, 0.4) is 0 Å². The molecular formula is C13H18N2O2. The molecule has 1 aromatic rings. The number of nitrogens with zero attached hydrogens (tertiary/aromatic N) is 1. The molecule has 0 radical (unpaired) electrons. The van der Waals surface area contributed by atoms with E-state index in [1.165, 1.54) is 25.5 Å². The minimum Gasteiger partial charge on any atom is -0.478 e. The van der Waals surface area contributed by atoms with E-state index in [0.717, 1.165) is 13.0 Å². The first-order valence-electron chi connectivity index (χ1n) is 6.08. The average molecular weight is 234 g/mol. The number of aromatic nitrogens is 1. The monoisotopic (exact) mass is 234 g/mol. The Morgan fingerprint density at radius 1 is 1.59 bits per heavy atom. The zero-order chi connectivity index (χ0) is 12.3. The van der Waals surface area contributed by atoms with Gasteiger partial charge < -0.3 is 10.4 Å². The molecule has 17 heavy (non-hydrogen) atoms. The Morgan fingerprint density at radius 2 is 2.35 bits per heavy atom. The van der Waals surface area contributed by atoms with Gasteiger partial charge in [-0.2, -0.15) is 0 Å².